The fourth-order valence-electron chi connectivity index (χ4n) is 6.38. The predicted octanol–water partition coefficient (Wildman–Crippen LogP) is 5.32. The summed E-state index contributed by atoms with van der Waals surface area (Å²) in [6.45, 7) is 1.34. The van der Waals surface area contributed by atoms with Crippen molar-refractivity contribution in [3.8, 4) is 0 Å². The third-order valence-electron chi connectivity index (χ3n) is 9.41. The summed E-state index contributed by atoms with van der Waals surface area (Å²) in [6.07, 6.45) is 13.2. The standard InChI is InChI=1S/C34H40N4O4/c39-31(29-9-3-21-37(29)33(41)25-5-1-6-25)35-27-17-13-23(14-18-27)11-12-24-15-19-28(20-16-24)36-32(40)30-10-4-22-38(30)34(42)26-7-2-8-26/h11-20,25-26,29-30H,1-10,21-22H2,(H,35,39)(H,36,40)/b12-11+/t29-,30-/m0/s1. The van der Waals surface area contributed by atoms with Crippen LogP contribution < -0.4 is 10.6 Å². The molecule has 2 atom stereocenters. The van der Waals surface area contributed by atoms with Crippen molar-refractivity contribution >= 4 is 47.2 Å². The van der Waals surface area contributed by atoms with Gasteiger partial charge in [-0.15, -0.1) is 0 Å². The van der Waals surface area contributed by atoms with E-state index in [1.165, 1.54) is 0 Å². The molecule has 2 aliphatic carbocycles. The van der Waals surface area contributed by atoms with Gasteiger partial charge in [0.25, 0.3) is 0 Å². The van der Waals surface area contributed by atoms with Crippen LogP contribution in [0.5, 0.6) is 0 Å². The smallest absolute Gasteiger partial charge is 0.247 e. The number of carbonyl (C=O) groups excluding carboxylic acids is 4. The second-order valence-electron chi connectivity index (χ2n) is 12.2. The van der Waals surface area contributed by atoms with E-state index in [0.717, 1.165) is 73.9 Å². The van der Waals surface area contributed by atoms with E-state index in [-0.39, 0.29) is 47.5 Å². The minimum Gasteiger partial charge on any atom is -0.330 e. The van der Waals surface area contributed by atoms with Crippen LogP contribution in [0, 0.1) is 11.8 Å². The molecule has 0 bridgehead atoms. The van der Waals surface area contributed by atoms with Crippen LogP contribution in [0.15, 0.2) is 48.5 Å². The molecule has 0 aromatic heterocycles. The van der Waals surface area contributed by atoms with E-state index in [9.17, 15) is 19.2 Å². The maximum atomic E-state index is 12.9. The van der Waals surface area contributed by atoms with Crippen molar-refractivity contribution in [3.63, 3.8) is 0 Å². The van der Waals surface area contributed by atoms with E-state index in [1.807, 2.05) is 60.7 Å². The van der Waals surface area contributed by atoms with E-state index in [1.54, 1.807) is 9.80 Å². The summed E-state index contributed by atoms with van der Waals surface area (Å²) in [5, 5.41) is 5.99. The van der Waals surface area contributed by atoms with Crippen LogP contribution in [-0.4, -0.2) is 58.6 Å². The molecule has 2 saturated carbocycles. The Labute approximate surface area is 247 Å². The topological polar surface area (TPSA) is 98.8 Å². The summed E-state index contributed by atoms with van der Waals surface area (Å²) >= 11 is 0. The summed E-state index contributed by atoms with van der Waals surface area (Å²) in [7, 11) is 0. The second kappa shape index (κ2) is 12.5. The molecule has 8 nitrogen and oxygen atoms in total. The van der Waals surface area contributed by atoms with Crippen molar-refractivity contribution in [3.05, 3.63) is 59.7 Å². The molecule has 4 fully saturated rings. The first-order chi connectivity index (χ1) is 20.5. The number of rotatable bonds is 8. The van der Waals surface area contributed by atoms with Crippen LogP contribution in [0.25, 0.3) is 12.2 Å². The lowest BCUT2D eigenvalue weighted by Crippen LogP contribution is -2.46. The summed E-state index contributed by atoms with van der Waals surface area (Å²) in [4.78, 5) is 54.9. The van der Waals surface area contributed by atoms with E-state index in [2.05, 4.69) is 10.6 Å². The number of nitrogens with one attached hydrogen (secondary N) is 2. The molecule has 220 valence electrons. The Bertz CT molecular complexity index is 1240. The van der Waals surface area contributed by atoms with Crippen LogP contribution >= 0.6 is 0 Å². The largest absolute Gasteiger partial charge is 0.330 e. The van der Waals surface area contributed by atoms with Crippen LogP contribution in [0.1, 0.15) is 75.3 Å². The van der Waals surface area contributed by atoms with Crippen molar-refractivity contribution in [1.29, 1.82) is 0 Å². The Morgan fingerprint density at radius 3 is 1.26 bits per heavy atom. The molecule has 2 aromatic carbocycles. The Kier molecular flexibility index (Phi) is 8.40. The number of hydrogen-bond acceptors (Lipinski definition) is 4. The van der Waals surface area contributed by atoms with E-state index < -0.39 is 0 Å². The van der Waals surface area contributed by atoms with Gasteiger partial charge in [-0.3, -0.25) is 19.2 Å². The number of carbonyl (C=O) groups is 4. The van der Waals surface area contributed by atoms with E-state index in [0.29, 0.717) is 25.9 Å². The average Bonchev–Trinajstić information content (AvgIpc) is 3.62. The highest BCUT2D eigenvalue weighted by molar-refractivity contribution is 5.99. The van der Waals surface area contributed by atoms with Gasteiger partial charge >= 0.3 is 0 Å². The number of hydrogen-bond donors (Lipinski definition) is 2. The van der Waals surface area contributed by atoms with Gasteiger partial charge in [0.2, 0.25) is 23.6 Å². The van der Waals surface area contributed by atoms with Gasteiger partial charge < -0.3 is 20.4 Å². The average molecular weight is 569 g/mol. The Morgan fingerprint density at radius 1 is 0.548 bits per heavy atom. The van der Waals surface area contributed by atoms with Crippen molar-refractivity contribution in [2.45, 2.75) is 76.3 Å². The molecule has 4 amide bonds. The van der Waals surface area contributed by atoms with Crippen LogP contribution in [-0.2, 0) is 19.2 Å². The van der Waals surface area contributed by atoms with Gasteiger partial charge in [-0.2, -0.15) is 0 Å². The minimum atomic E-state index is -0.377. The van der Waals surface area contributed by atoms with Gasteiger partial charge in [0.15, 0.2) is 0 Å². The number of anilines is 2. The predicted molar refractivity (Wildman–Crippen MR) is 163 cm³/mol. The molecule has 8 heteroatoms. The van der Waals surface area contributed by atoms with Gasteiger partial charge in [-0.25, -0.2) is 0 Å². The van der Waals surface area contributed by atoms with Crippen molar-refractivity contribution in [2.75, 3.05) is 23.7 Å². The molecule has 4 aliphatic rings. The van der Waals surface area contributed by atoms with Gasteiger partial charge in [0, 0.05) is 36.3 Å². The zero-order chi connectivity index (χ0) is 29.1. The third kappa shape index (κ3) is 6.13. The first-order valence-corrected chi connectivity index (χ1v) is 15.6. The molecule has 0 radical (unpaired) electrons. The summed E-state index contributed by atoms with van der Waals surface area (Å²) in [5.74, 6) is 0.283. The molecule has 2 aromatic rings. The number of benzene rings is 2. The molecule has 2 N–H and O–H groups in total. The Hall–Kier alpha value is -3.94. The third-order valence-corrected chi connectivity index (χ3v) is 9.41. The summed E-state index contributed by atoms with van der Waals surface area (Å²) in [5.41, 5.74) is 3.42. The highest BCUT2D eigenvalue weighted by Crippen LogP contribution is 2.33. The lowest BCUT2D eigenvalue weighted by Gasteiger charge is -2.32. The Morgan fingerprint density at radius 2 is 0.929 bits per heavy atom. The maximum Gasteiger partial charge on any atom is 0.247 e. The highest BCUT2D eigenvalue weighted by Gasteiger charge is 2.40. The van der Waals surface area contributed by atoms with E-state index >= 15 is 0 Å². The highest BCUT2D eigenvalue weighted by atomic mass is 16.2. The minimum absolute atomic E-state index is 0.107. The van der Waals surface area contributed by atoms with Gasteiger partial charge in [0.1, 0.15) is 12.1 Å². The molecular weight excluding hydrogens is 528 g/mol. The number of likely N-dealkylation sites (tertiary alicyclic amines) is 2. The fraction of sp³-hybridized carbons (Fsp3) is 0.471. The first kappa shape index (κ1) is 28.2. The summed E-state index contributed by atoms with van der Waals surface area (Å²) < 4.78 is 0. The molecular formula is C34H40N4O4. The maximum absolute atomic E-state index is 12.9. The monoisotopic (exact) mass is 568 g/mol. The zero-order valence-electron chi connectivity index (χ0n) is 24.1. The Balaban J connectivity index is 0.995. The molecule has 0 unspecified atom stereocenters. The van der Waals surface area contributed by atoms with Crippen LogP contribution in [0.2, 0.25) is 0 Å². The molecule has 2 heterocycles. The first-order valence-electron chi connectivity index (χ1n) is 15.6. The number of nitrogens with zero attached hydrogens (tertiary/aromatic N) is 2. The van der Waals surface area contributed by atoms with E-state index in [4.69, 9.17) is 0 Å². The molecule has 6 rings (SSSR count). The van der Waals surface area contributed by atoms with Gasteiger partial charge in [-0.05, 0) is 86.8 Å². The molecule has 0 spiro atoms. The van der Waals surface area contributed by atoms with Crippen LogP contribution in [0.4, 0.5) is 11.4 Å². The van der Waals surface area contributed by atoms with Crippen molar-refractivity contribution < 1.29 is 19.2 Å². The molecule has 42 heavy (non-hydrogen) atoms. The quantitative estimate of drug-likeness (QED) is 0.422. The summed E-state index contributed by atoms with van der Waals surface area (Å²) in [6, 6.07) is 14.6. The van der Waals surface area contributed by atoms with Gasteiger partial charge in [-0.1, -0.05) is 49.3 Å². The SMILES string of the molecule is O=C(Nc1ccc(/C=C/c2ccc(NC(=O)[C@@H]3CCCN3C(=O)C3CCC3)cc2)cc1)[C@@H]1CCCN1C(=O)C1CCC1. The number of amides is 4. The molecule has 2 saturated heterocycles. The normalized spacial score (nSPS) is 22.6. The zero-order valence-corrected chi connectivity index (χ0v) is 24.1. The lowest BCUT2D eigenvalue weighted by atomic mass is 9.84. The van der Waals surface area contributed by atoms with Gasteiger partial charge in [0.05, 0.1) is 0 Å². The van der Waals surface area contributed by atoms with Crippen LogP contribution in [0.3, 0.4) is 0 Å². The second-order valence-corrected chi connectivity index (χ2v) is 12.2. The lowest BCUT2D eigenvalue weighted by molar-refractivity contribution is -0.142. The van der Waals surface area contributed by atoms with Crippen molar-refractivity contribution in [2.24, 2.45) is 11.8 Å². The fourth-order valence-corrected chi connectivity index (χ4v) is 6.38. The van der Waals surface area contributed by atoms with Crippen molar-refractivity contribution in [1.82, 2.24) is 9.80 Å². The molecule has 2 aliphatic heterocycles.